The van der Waals surface area contributed by atoms with Crippen LogP contribution in [0.3, 0.4) is 0 Å². The van der Waals surface area contributed by atoms with Gasteiger partial charge in [0.05, 0.1) is 18.0 Å². The lowest BCUT2D eigenvalue weighted by Gasteiger charge is -2.31. The van der Waals surface area contributed by atoms with Crippen LogP contribution in [0.25, 0.3) is 0 Å². The third-order valence-electron chi connectivity index (χ3n) is 4.72. The number of nitrogens with one attached hydrogen (secondary N) is 1. The molecule has 0 aliphatic heterocycles. The summed E-state index contributed by atoms with van der Waals surface area (Å²) in [5.41, 5.74) is 2.12. The predicted octanol–water partition coefficient (Wildman–Crippen LogP) is 4.71. The van der Waals surface area contributed by atoms with Crippen LogP contribution < -0.4 is 9.62 Å². The number of aryl methyl sites for hydroxylation is 1. The zero-order valence-corrected chi connectivity index (χ0v) is 19.1. The molecule has 2 rings (SSSR count). The Morgan fingerprint density at radius 2 is 1.72 bits per heavy atom. The smallest absolute Gasteiger partial charge is 0.244 e. The quantitative estimate of drug-likeness (QED) is 0.651. The number of carbonyl (C=O) groups excluding carboxylic acids is 1. The molecular formula is C22H29ClN2O3S. The molecule has 0 bridgehead atoms. The zero-order chi connectivity index (χ0) is 21.8. The third kappa shape index (κ3) is 6.21. The Balaban J connectivity index is 2.36. The normalized spacial score (nSPS) is 13.8. The van der Waals surface area contributed by atoms with Crippen molar-refractivity contribution in [1.82, 2.24) is 5.32 Å². The van der Waals surface area contributed by atoms with Gasteiger partial charge in [0.15, 0.2) is 0 Å². The number of rotatable bonds is 8. The highest BCUT2D eigenvalue weighted by atomic mass is 35.5. The van der Waals surface area contributed by atoms with Gasteiger partial charge in [-0.15, -0.1) is 0 Å². The molecule has 29 heavy (non-hydrogen) atoms. The van der Waals surface area contributed by atoms with E-state index in [2.05, 4.69) is 19.2 Å². The highest BCUT2D eigenvalue weighted by molar-refractivity contribution is 7.92. The minimum atomic E-state index is -3.71. The van der Waals surface area contributed by atoms with E-state index in [0.717, 1.165) is 28.1 Å². The van der Waals surface area contributed by atoms with E-state index >= 15 is 0 Å². The van der Waals surface area contributed by atoms with E-state index in [4.69, 9.17) is 11.6 Å². The molecule has 0 saturated carbocycles. The molecule has 2 aromatic carbocycles. The maximum absolute atomic E-state index is 13.1. The number of anilines is 1. The number of sulfonamides is 1. The summed E-state index contributed by atoms with van der Waals surface area (Å²) in [5, 5.41) is 3.45. The molecule has 0 fully saturated rings. The van der Waals surface area contributed by atoms with E-state index in [1.807, 2.05) is 30.3 Å². The van der Waals surface area contributed by atoms with Crippen molar-refractivity contribution in [1.29, 1.82) is 0 Å². The molecule has 0 unspecified atom stereocenters. The lowest BCUT2D eigenvalue weighted by atomic mass is 9.96. The Labute approximate surface area is 179 Å². The van der Waals surface area contributed by atoms with Gasteiger partial charge < -0.3 is 5.32 Å². The van der Waals surface area contributed by atoms with Crippen LogP contribution >= 0.6 is 11.6 Å². The average molecular weight is 437 g/mol. The van der Waals surface area contributed by atoms with E-state index in [1.54, 1.807) is 32.0 Å². The summed E-state index contributed by atoms with van der Waals surface area (Å²) in [6.07, 6.45) is 1.84. The Morgan fingerprint density at radius 1 is 1.10 bits per heavy atom. The van der Waals surface area contributed by atoms with Crippen LogP contribution in [0.2, 0.25) is 5.02 Å². The molecule has 5 nitrogen and oxygen atoms in total. The Bertz CT molecular complexity index is 946. The van der Waals surface area contributed by atoms with Crippen LogP contribution in [0.4, 0.5) is 5.69 Å². The van der Waals surface area contributed by atoms with Gasteiger partial charge in [0.1, 0.15) is 6.04 Å². The van der Waals surface area contributed by atoms with E-state index in [0.29, 0.717) is 16.6 Å². The van der Waals surface area contributed by atoms with Crippen LogP contribution in [0.5, 0.6) is 0 Å². The Hall–Kier alpha value is -2.05. The predicted molar refractivity (Wildman–Crippen MR) is 120 cm³/mol. The van der Waals surface area contributed by atoms with Gasteiger partial charge in [-0.1, -0.05) is 61.8 Å². The summed E-state index contributed by atoms with van der Waals surface area (Å²) in [6.45, 7) is 7.56. The molecular weight excluding hydrogens is 408 g/mol. The molecule has 0 radical (unpaired) electrons. The van der Waals surface area contributed by atoms with Gasteiger partial charge in [0, 0.05) is 5.02 Å². The fourth-order valence-electron chi connectivity index (χ4n) is 3.33. The SMILES string of the molecule is Cc1ccc(Cl)cc1N([C@H](C)C(=O)N[C@H](CC(C)C)c1ccccc1)S(C)(=O)=O. The van der Waals surface area contributed by atoms with Gasteiger partial charge in [-0.05, 0) is 49.4 Å². The molecule has 1 N–H and O–H groups in total. The molecule has 7 heteroatoms. The number of nitrogens with zero attached hydrogens (tertiary/aromatic N) is 1. The van der Waals surface area contributed by atoms with Gasteiger partial charge in [0.25, 0.3) is 0 Å². The number of hydrogen-bond acceptors (Lipinski definition) is 3. The summed E-state index contributed by atoms with van der Waals surface area (Å²) < 4.78 is 26.3. The highest BCUT2D eigenvalue weighted by Gasteiger charge is 2.31. The molecule has 0 aliphatic carbocycles. The summed E-state index contributed by atoms with van der Waals surface area (Å²) >= 11 is 6.09. The molecule has 0 aromatic heterocycles. The van der Waals surface area contributed by atoms with Crippen LogP contribution in [-0.2, 0) is 14.8 Å². The van der Waals surface area contributed by atoms with E-state index in [9.17, 15) is 13.2 Å². The fraction of sp³-hybridized carbons (Fsp3) is 0.409. The fourth-order valence-corrected chi connectivity index (χ4v) is 4.72. The van der Waals surface area contributed by atoms with Gasteiger partial charge in [-0.2, -0.15) is 0 Å². The summed E-state index contributed by atoms with van der Waals surface area (Å²) in [7, 11) is -3.71. The van der Waals surface area contributed by atoms with Crippen LogP contribution in [0, 0.1) is 12.8 Å². The second kappa shape index (κ2) is 9.63. The first kappa shape index (κ1) is 23.2. The number of halogens is 1. The zero-order valence-electron chi connectivity index (χ0n) is 17.5. The number of benzene rings is 2. The van der Waals surface area contributed by atoms with Crippen molar-refractivity contribution < 1.29 is 13.2 Å². The van der Waals surface area contributed by atoms with Crippen LogP contribution in [-0.4, -0.2) is 26.6 Å². The van der Waals surface area contributed by atoms with Crippen molar-refractivity contribution in [2.45, 2.75) is 46.2 Å². The van der Waals surface area contributed by atoms with E-state index < -0.39 is 16.1 Å². The lowest BCUT2D eigenvalue weighted by molar-refractivity contribution is -0.122. The van der Waals surface area contributed by atoms with Gasteiger partial charge >= 0.3 is 0 Å². The first-order valence-electron chi connectivity index (χ1n) is 9.61. The maximum Gasteiger partial charge on any atom is 0.244 e. The van der Waals surface area contributed by atoms with Crippen molar-refractivity contribution in [2.75, 3.05) is 10.6 Å². The molecule has 158 valence electrons. The summed E-state index contributed by atoms with van der Waals surface area (Å²) in [5.74, 6) is 0.00120. The van der Waals surface area contributed by atoms with Gasteiger partial charge in [0.2, 0.25) is 15.9 Å². The van der Waals surface area contributed by atoms with Crippen LogP contribution in [0.15, 0.2) is 48.5 Å². The Kier molecular flexibility index (Phi) is 7.72. The molecule has 0 aliphatic rings. The number of amides is 1. The molecule has 0 saturated heterocycles. The largest absolute Gasteiger partial charge is 0.347 e. The summed E-state index contributed by atoms with van der Waals surface area (Å²) in [6, 6.07) is 13.6. The maximum atomic E-state index is 13.1. The summed E-state index contributed by atoms with van der Waals surface area (Å²) in [4.78, 5) is 13.1. The molecule has 2 atom stereocenters. The second-order valence-corrected chi connectivity index (χ2v) is 10.1. The minimum Gasteiger partial charge on any atom is -0.347 e. The van der Waals surface area contributed by atoms with Crippen molar-refractivity contribution in [3.05, 3.63) is 64.7 Å². The lowest BCUT2D eigenvalue weighted by Crippen LogP contribution is -2.49. The first-order valence-corrected chi connectivity index (χ1v) is 11.8. The molecule has 0 heterocycles. The number of carbonyl (C=O) groups is 1. The van der Waals surface area contributed by atoms with Gasteiger partial charge in [-0.3, -0.25) is 9.10 Å². The Morgan fingerprint density at radius 3 is 2.28 bits per heavy atom. The van der Waals surface area contributed by atoms with Crippen molar-refractivity contribution >= 4 is 33.2 Å². The highest BCUT2D eigenvalue weighted by Crippen LogP contribution is 2.29. The molecule has 1 amide bonds. The first-order chi connectivity index (χ1) is 13.5. The van der Waals surface area contributed by atoms with E-state index in [-0.39, 0.29) is 11.9 Å². The molecule has 2 aromatic rings. The minimum absolute atomic E-state index is 0.201. The molecule has 0 spiro atoms. The van der Waals surface area contributed by atoms with Crippen molar-refractivity contribution in [3.8, 4) is 0 Å². The number of hydrogen-bond donors (Lipinski definition) is 1. The topological polar surface area (TPSA) is 66.5 Å². The second-order valence-electron chi connectivity index (χ2n) is 7.77. The van der Waals surface area contributed by atoms with E-state index in [1.165, 1.54) is 0 Å². The van der Waals surface area contributed by atoms with Crippen molar-refractivity contribution in [3.63, 3.8) is 0 Å². The van der Waals surface area contributed by atoms with Crippen molar-refractivity contribution in [2.24, 2.45) is 5.92 Å². The standard InChI is InChI=1S/C22H29ClN2O3S/c1-15(2)13-20(18-9-7-6-8-10-18)24-22(26)17(4)25(29(5,27)28)21-14-19(23)12-11-16(21)3/h6-12,14-15,17,20H,13H2,1-5H3,(H,24,26)/t17-,20-/m1/s1. The van der Waals surface area contributed by atoms with Gasteiger partial charge in [-0.25, -0.2) is 8.42 Å². The average Bonchev–Trinajstić information content (AvgIpc) is 2.63. The third-order valence-corrected chi connectivity index (χ3v) is 6.19. The monoisotopic (exact) mass is 436 g/mol. The van der Waals surface area contributed by atoms with Crippen LogP contribution in [0.1, 0.15) is 44.4 Å².